The van der Waals surface area contributed by atoms with Crippen molar-refractivity contribution in [2.75, 3.05) is 5.75 Å². The Morgan fingerprint density at radius 2 is 2.17 bits per heavy atom. The maximum Gasteiger partial charge on any atom is 0.327 e. The molecule has 1 saturated heterocycles. The topological polar surface area (TPSA) is 71.9 Å². The molecule has 18 heavy (non-hydrogen) atoms. The van der Waals surface area contributed by atoms with Crippen LogP contribution in [0, 0.1) is 5.82 Å². The average Bonchev–Trinajstić information content (AvgIpc) is 2.77. The van der Waals surface area contributed by atoms with E-state index in [0.29, 0.717) is 23.9 Å². The Morgan fingerprint density at radius 1 is 1.39 bits per heavy atom. The normalized spacial score (nSPS) is 22.6. The first-order chi connectivity index (χ1) is 8.49. The number of benzene rings is 1. The van der Waals surface area contributed by atoms with Gasteiger partial charge in [-0.15, -0.1) is 0 Å². The summed E-state index contributed by atoms with van der Waals surface area (Å²) in [6, 6.07) is 3.84. The lowest BCUT2D eigenvalue weighted by Crippen LogP contribution is -2.25. The van der Waals surface area contributed by atoms with Crippen LogP contribution in [-0.2, 0) is 9.84 Å². The molecule has 96 valence electrons. The van der Waals surface area contributed by atoms with E-state index in [1.807, 2.05) is 0 Å². The molecule has 1 aromatic heterocycles. The predicted molar refractivity (Wildman–Crippen MR) is 64.6 cm³/mol. The molecule has 1 aliphatic rings. The van der Waals surface area contributed by atoms with Crippen molar-refractivity contribution >= 4 is 20.9 Å². The highest BCUT2D eigenvalue weighted by Gasteiger charge is 2.34. The second-order valence-electron chi connectivity index (χ2n) is 4.43. The van der Waals surface area contributed by atoms with Crippen LogP contribution in [0.15, 0.2) is 23.0 Å². The second kappa shape index (κ2) is 3.68. The number of sulfone groups is 1. The van der Waals surface area contributed by atoms with E-state index in [1.165, 1.54) is 18.2 Å². The Morgan fingerprint density at radius 3 is 2.83 bits per heavy atom. The van der Waals surface area contributed by atoms with E-state index in [4.69, 9.17) is 0 Å². The molecular formula is C11H11FN2O3S. The van der Waals surface area contributed by atoms with Crippen LogP contribution in [0.2, 0.25) is 0 Å². The fourth-order valence-corrected chi connectivity index (χ4v) is 4.34. The average molecular weight is 270 g/mol. The number of rotatable bonds is 1. The number of aromatic nitrogens is 2. The van der Waals surface area contributed by atoms with E-state index in [-0.39, 0.29) is 5.75 Å². The molecule has 0 spiro atoms. The largest absolute Gasteiger partial charge is 0.327 e. The zero-order valence-corrected chi connectivity index (χ0v) is 10.2. The Bertz CT molecular complexity index is 775. The molecule has 0 saturated carbocycles. The summed E-state index contributed by atoms with van der Waals surface area (Å²) < 4.78 is 38.1. The number of fused-ring (bicyclic) bond motifs is 1. The highest BCUT2D eigenvalue weighted by atomic mass is 32.2. The van der Waals surface area contributed by atoms with Gasteiger partial charge >= 0.3 is 5.69 Å². The monoisotopic (exact) mass is 270 g/mol. The minimum absolute atomic E-state index is 0.0755. The molecule has 2 aromatic rings. The van der Waals surface area contributed by atoms with Gasteiger partial charge in [0, 0.05) is 0 Å². The zero-order chi connectivity index (χ0) is 12.9. The lowest BCUT2D eigenvalue weighted by molar-refractivity contribution is 0.555. The molecule has 1 aliphatic heterocycles. The minimum atomic E-state index is -3.32. The van der Waals surface area contributed by atoms with Crippen molar-refractivity contribution in [3.8, 4) is 0 Å². The summed E-state index contributed by atoms with van der Waals surface area (Å²) in [5.41, 5.74) is 0.241. The molecule has 0 aliphatic carbocycles. The predicted octanol–water partition coefficient (Wildman–Crippen LogP) is 1.18. The van der Waals surface area contributed by atoms with E-state index < -0.39 is 26.7 Å². The third-order valence-corrected chi connectivity index (χ3v) is 5.40. The van der Waals surface area contributed by atoms with Crippen LogP contribution in [0.25, 0.3) is 11.0 Å². The summed E-state index contributed by atoms with van der Waals surface area (Å²) in [6.07, 6.45) is 0.924. The summed E-state index contributed by atoms with van der Waals surface area (Å²) in [5, 5.41) is -0.874. The Labute approximate surface area is 102 Å². The standard InChI is InChI=1S/C11H11FN2O3S/c12-7-3-4-8-9(6-7)14(11(15)13-8)10-2-1-5-18(10,16)17/h3-4,6,10H,1-2,5H2,(H,13,15). The molecule has 7 heteroatoms. The molecular weight excluding hydrogens is 259 g/mol. The Hall–Kier alpha value is -1.63. The first-order valence-electron chi connectivity index (χ1n) is 5.60. The van der Waals surface area contributed by atoms with E-state index in [2.05, 4.69) is 4.98 Å². The van der Waals surface area contributed by atoms with Crippen molar-refractivity contribution < 1.29 is 12.8 Å². The molecule has 1 N–H and O–H groups in total. The van der Waals surface area contributed by atoms with Gasteiger partial charge in [-0.25, -0.2) is 17.6 Å². The van der Waals surface area contributed by atoms with Crippen molar-refractivity contribution in [2.24, 2.45) is 0 Å². The number of imidazole rings is 1. The van der Waals surface area contributed by atoms with Crippen LogP contribution in [0.1, 0.15) is 18.2 Å². The molecule has 0 radical (unpaired) electrons. The zero-order valence-electron chi connectivity index (χ0n) is 9.39. The molecule has 5 nitrogen and oxygen atoms in total. The highest BCUT2D eigenvalue weighted by Crippen LogP contribution is 2.31. The van der Waals surface area contributed by atoms with Crippen LogP contribution in [0.4, 0.5) is 4.39 Å². The molecule has 1 aromatic carbocycles. The molecule has 1 fully saturated rings. The van der Waals surface area contributed by atoms with Gasteiger partial charge in [0.1, 0.15) is 11.2 Å². The molecule has 3 rings (SSSR count). The van der Waals surface area contributed by atoms with Gasteiger partial charge in [-0.1, -0.05) is 0 Å². The number of H-pyrrole nitrogens is 1. The molecule has 1 atom stereocenters. The molecule has 2 heterocycles. The maximum absolute atomic E-state index is 13.2. The number of nitrogens with one attached hydrogen (secondary N) is 1. The summed E-state index contributed by atoms with van der Waals surface area (Å²) >= 11 is 0. The van der Waals surface area contributed by atoms with Crippen LogP contribution in [-0.4, -0.2) is 23.7 Å². The van der Waals surface area contributed by atoms with Gasteiger partial charge in [0.2, 0.25) is 0 Å². The lowest BCUT2D eigenvalue weighted by atomic mass is 10.3. The van der Waals surface area contributed by atoms with Crippen LogP contribution in [0.3, 0.4) is 0 Å². The van der Waals surface area contributed by atoms with E-state index >= 15 is 0 Å². The number of nitrogens with zero attached hydrogens (tertiary/aromatic N) is 1. The highest BCUT2D eigenvalue weighted by molar-refractivity contribution is 7.91. The van der Waals surface area contributed by atoms with Gasteiger partial charge in [0.05, 0.1) is 16.8 Å². The second-order valence-corrected chi connectivity index (χ2v) is 6.70. The third-order valence-electron chi connectivity index (χ3n) is 3.26. The molecule has 1 unspecified atom stereocenters. The quantitative estimate of drug-likeness (QED) is 0.845. The first kappa shape index (κ1) is 11.5. The fourth-order valence-electron chi connectivity index (χ4n) is 2.44. The van der Waals surface area contributed by atoms with Crippen LogP contribution >= 0.6 is 0 Å². The summed E-state index contributed by atoms with van der Waals surface area (Å²) in [5.74, 6) is -0.419. The van der Waals surface area contributed by atoms with E-state index in [0.717, 1.165) is 4.57 Å². The smallest absolute Gasteiger partial charge is 0.306 e. The summed E-state index contributed by atoms with van der Waals surface area (Å²) in [6.45, 7) is 0. The summed E-state index contributed by atoms with van der Waals surface area (Å²) in [4.78, 5) is 14.4. The Balaban J connectivity index is 2.32. The van der Waals surface area contributed by atoms with Gasteiger partial charge in [0.15, 0.2) is 9.84 Å². The van der Waals surface area contributed by atoms with E-state index in [1.54, 1.807) is 0 Å². The van der Waals surface area contributed by atoms with Gasteiger partial charge in [-0.05, 0) is 31.0 Å². The SMILES string of the molecule is O=c1[nH]c2ccc(F)cc2n1C1CCCS1(=O)=O. The maximum atomic E-state index is 13.2. The van der Waals surface area contributed by atoms with Crippen molar-refractivity contribution in [2.45, 2.75) is 18.2 Å². The fraction of sp³-hybridized carbons (Fsp3) is 0.364. The number of halogens is 1. The molecule has 0 bridgehead atoms. The van der Waals surface area contributed by atoms with Crippen LogP contribution in [0.5, 0.6) is 0 Å². The number of hydrogen-bond acceptors (Lipinski definition) is 3. The van der Waals surface area contributed by atoms with Crippen molar-refractivity contribution in [1.82, 2.24) is 9.55 Å². The number of aromatic amines is 1. The first-order valence-corrected chi connectivity index (χ1v) is 7.32. The van der Waals surface area contributed by atoms with Gasteiger partial charge in [0.25, 0.3) is 0 Å². The van der Waals surface area contributed by atoms with Crippen molar-refractivity contribution in [3.63, 3.8) is 0 Å². The van der Waals surface area contributed by atoms with Crippen LogP contribution < -0.4 is 5.69 Å². The van der Waals surface area contributed by atoms with Crippen molar-refractivity contribution in [3.05, 3.63) is 34.5 Å². The lowest BCUT2D eigenvalue weighted by Gasteiger charge is -2.11. The van der Waals surface area contributed by atoms with Crippen molar-refractivity contribution in [1.29, 1.82) is 0 Å². The summed E-state index contributed by atoms with van der Waals surface area (Å²) in [7, 11) is -3.32. The number of hydrogen-bond donors (Lipinski definition) is 1. The van der Waals surface area contributed by atoms with Gasteiger partial charge in [-0.2, -0.15) is 0 Å². The minimum Gasteiger partial charge on any atom is -0.306 e. The van der Waals surface area contributed by atoms with E-state index in [9.17, 15) is 17.6 Å². The molecule has 0 amide bonds. The van der Waals surface area contributed by atoms with Gasteiger partial charge in [-0.3, -0.25) is 4.57 Å². The van der Waals surface area contributed by atoms with Gasteiger partial charge < -0.3 is 4.98 Å². The Kier molecular flexibility index (Phi) is 2.34. The third kappa shape index (κ3) is 1.58.